The Hall–Kier alpha value is -2.33. The first kappa shape index (κ1) is 12.4. The fourth-order valence-corrected chi connectivity index (χ4v) is 2.78. The van der Waals surface area contributed by atoms with E-state index in [4.69, 9.17) is 4.42 Å². The second kappa shape index (κ2) is 4.90. The van der Waals surface area contributed by atoms with Gasteiger partial charge in [-0.25, -0.2) is 4.98 Å². The topological polar surface area (TPSA) is 31.0 Å². The maximum absolute atomic E-state index is 5.92. The van der Waals surface area contributed by atoms with Crippen LogP contribution in [0.15, 0.2) is 75.9 Å². The fraction of sp³-hybridized carbons (Fsp3) is 0. The van der Waals surface area contributed by atoms with E-state index in [2.05, 4.69) is 20.9 Å². The van der Waals surface area contributed by atoms with Gasteiger partial charge in [0.15, 0.2) is 5.58 Å². The van der Waals surface area contributed by atoms with Crippen molar-refractivity contribution in [2.24, 2.45) is 0 Å². The molecule has 0 saturated heterocycles. The molecule has 0 fully saturated rings. The average Bonchev–Trinajstić information content (AvgIpc) is 3.16. The van der Waals surface area contributed by atoms with Crippen molar-refractivity contribution in [3.63, 3.8) is 0 Å². The number of oxazole rings is 1. The van der Waals surface area contributed by atoms with Crippen LogP contribution in [0, 0.1) is 0 Å². The van der Waals surface area contributed by atoms with Gasteiger partial charge < -0.3 is 8.98 Å². The molecule has 2 aromatic carbocycles. The lowest BCUT2D eigenvalue weighted by molar-refractivity contribution is 0.619. The van der Waals surface area contributed by atoms with E-state index in [1.54, 1.807) is 0 Å². The summed E-state index contributed by atoms with van der Waals surface area (Å²) in [5.41, 5.74) is 3.65. The summed E-state index contributed by atoms with van der Waals surface area (Å²) in [6.07, 6.45) is 4.01. The number of nitrogens with zero attached hydrogens (tertiary/aromatic N) is 2. The van der Waals surface area contributed by atoms with Gasteiger partial charge in [0.25, 0.3) is 0 Å². The van der Waals surface area contributed by atoms with Crippen LogP contribution in [-0.4, -0.2) is 9.55 Å². The first-order valence-corrected chi connectivity index (χ1v) is 7.39. The van der Waals surface area contributed by atoms with Gasteiger partial charge in [-0.2, -0.15) is 0 Å². The number of hydrogen-bond donors (Lipinski definition) is 0. The highest BCUT2D eigenvalue weighted by atomic mass is 79.9. The van der Waals surface area contributed by atoms with Gasteiger partial charge in [0, 0.05) is 28.6 Å². The largest absolute Gasteiger partial charge is 0.436 e. The minimum atomic E-state index is 0.627. The SMILES string of the molecule is Brc1ccccc1-c1nc2ccc(-n3cccc3)cc2o1. The smallest absolute Gasteiger partial charge is 0.228 e. The molecule has 2 aromatic heterocycles. The third-order valence-electron chi connectivity index (χ3n) is 3.38. The van der Waals surface area contributed by atoms with Gasteiger partial charge >= 0.3 is 0 Å². The fourth-order valence-electron chi connectivity index (χ4n) is 2.33. The summed E-state index contributed by atoms with van der Waals surface area (Å²) in [5.74, 6) is 0.627. The van der Waals surface area contributed by atoms with Crippen LogP contribution in [0.3, 0.4) is 0 Å². The van der Waals surface area contributed by atoms with Crippen molar-refractivity contribution in [2.45, 2.75) is 0 Å². The Morgan fingerprint density at radius 1 is 0.952 bits per heavy atom. The van der Waals surface area contributed by atoms with Crippen LogP contribution in [0.4, 0.5) is 0 Å². The molecule has 0 radical (unpaired) electrons. The van der Waals surface area contributed by atoms with Crippen molar-refractivity contribution in [1.82, 2.24) is 9.55 Å². The standard InChI is InChI=1S/C17H11BrN2O/c18-14-6-2-1-5-13(14)17-19-15-8-7-12(11-16(15)21-17)20-9-3-4-10-20/h1-11H. The third kappa shape index (κ3) is 2.17. The van der Waals surface area contributed by atoms with E-state index in [0.717, 1.165) is 26.8 Å². The van der Waals surface area contributed by atoms with Crippen molar-refractivity contribution in [1.29, 1.82) is 0 Å². The highest BCUT2D eigenvalue weighted by molar-refractivity contribution is 9.10. The van der Waals surface area contributed by atoms with Crippen LogP contribution >= 0.6 is 15.9 Å². The van der Waals surface area contributed by atoms with Crippen LogP contribution in [-0.2, 0) is 0 Å². The molecule has 3 nitrogen and oxygen atoms in total. The number of fused-ring (bicyclic) bond motifs is 1. The average molecular weight is 339 g/mol. The summed E-state index contributed by atoms with van der Waals surface area (Å²) >= 11 is 3.53. The van der Waals surface area contributed by atoms with Crippen LogP contribution in [0.5, 0.6) is 0 Å². The molecule has 0 spiro atoms. The van der Waals surface area contributed by atoms with E-state index in [1.165, 1.54) is 0 Å². The van der Waals surface area contributed by atoms with Crippen LogP contribution in [0.2, 0.25) is 0 Å². The lowest BCUT2D eigenvalue weighted by Crippen LogP contribution is -1.87. The molecule has 0 N–H and O–H groups in total. The molecule has 0 unspecified atom stereocenters. The molecule has 21 heavy (non-hydrogen) atoms. The Bertz CT molecular complexity index is 910. The summed E-state index contributed by atoms with van der Waals surface area (Å²) in [7, 11) is 0. The summed E-state index contributed by atoms with van der Waals surface area (Å²) in [6.45, 7) is 0. The molecule has 0 aliphatic carbocycles. The second-order valence-corrected chi connectivity index (χ2v) is 5.60. The van der Waals surface area contributed by atoms with Crippen molar-refractivity contribution in [3.05, 3.63) is 71.5 Å². The van der Waals surface area contributed by atoms with Gasteiger partial charge in [0.2, 0.25) is 5.89 Å². The minimum Gasteiger partial charge on any atom is -0.436 e. The maximum Gasteiger partial charge on any atom is 0.228 e. The molecule has 0 aliphatic rings. The molecule has 4 rings (SSSR count). The zero-order valence-electron chi connectivity index (χ0n) is 11.0. The zero-order chi connectivity index (χ0) is 14.2. The summed E-state index contributed by atoms with van der Waals surface area (Å²) in [5, 5.41) is 0. The Balaban J connectivity index is 1.85. The molecule has 0 atom stereocenters. The van der Waals surface area contributed by atoms with E-state index < -0.39 is 0 Å². The number of rotatable bonds is 2. The molecule has 2 heterocycles. The molecule has 0 bridgehead atoms. The number of benzene rings is 2. The lowest BCUT2D eigenvalue weighted by atomic mass is 10.2. The van der Waals surface area contributed by atoms with E-state index in [0.29, 0.717) is 5.89 Å². The Morgan fingerprint density at radius 2 is 1.76 bits per heavy atom. The van der Waals surface area contributed by atoms with E-state index in [9.17, 15) is 0 Å². The van der Waals surface area contributed by atoms with Crippen molar-refractivity contribution in [2.75, 3.05) is 0 Å². The molecule has 0 amide bonds. The lowest BCUT2D eigenvalue weighted by Gasteiger charge is -2.00. The first-order chi connectivity index (χ1) is 10.3. The highest BCUT2D eigenvalue weighted by Gasteiger charge is 2.11. The molecule has 102 valence electrons. The van der Waals surface area contributed by atoms with Crippen LogP contribution in [0.25, 0.3) is 28.2 Å². The van der Waals surface area contributed by atoms with Gasteiger partial charge in [-0.3, -0.25) is 0 Å². The van der Waals surface area contributed by atoms with Gasteiger partial charge in [-0.15, -0.1) is 0 Å². The third-order valence-corrected chi connectivity index (χ3v) is 4.07. The van der Waals surface area contributed by atoms with Gasteiger partial charge in [-0.1, -0.05) is 12.1 Å². The highest BCUT2D eigenvalue weighted by Crippen LogP contribution is 2.30. The summed E-state index contributed by atoms with van der Waals surface area (Å²) in [6, 6.07) is 17.9. The number of halogens is 1. The van der Waals surface area contributed by atoms with Crippen LogP contribution in [0.1, 0.15) is 0 Å². The van der Waals surface area contributed by atoms with Gasteiger partial charge in [0.1, 0.15) is 5.52 Å². The maximum atomic E-state index is 5.92. The molecular weight excluding hydrogens is 328 g/mol. The van der Waals surface area contributed by atoms with E-state index >= 15 is 0 Å². The normalized spacial score (nSPS) is 11.1. The van der Waals surface area contributed by atoms with Crippen molar-refractivity contribution < 1.29 is 4.42 Å². The molecule has 0 saturated carbocycles. The number of hydrogen-bond acceptors (Lipinski definition) is 2. The van der Waals surface area contributed by atoms with Gasteiger partial charge in [-0.05, 0) is 52.3 Å². The molecule has 4 heteroatoms. The Morgan fingerprint density at radius 3 is 2.57 bits per heavy atom. The van der Waals surface area contributed by atoms with Crippen molar-refractivity contribution >= 4 is 27.0 Å². The van der Waals surface area contributed by atoms with E-state index in [1.807, 2.05) is 71.6 Å². The number of aromatic nitrogens is 2. The molecule has 0 aliphatic heterocycles. The Labute approximate surface area is 130 Å². The first-order valence-electron chi connectivity index (χ1n) is 6.60. The summed E-state index contributed by atoms with van der Waals surface area (Å²) < 4.78 is 8.94. The zero-order valence-corrected chi connectivity index (χ0v) is 12.6. The predicted molar refractivity (Wildman–Crippen MR) is 86.5 cm³/mol. The second-order valence-electron chi connectivity index (χ2n) is 4.74. The predicted octanol–water partition coefficient (Wildman–Crippen LogP) is 5.05. The van der Waals surface area contributed by atoms with Crippen molar-refractivity contribution in [3.8, 4) is 17.1 Å². The van der Waals surface area contributed by atoms with Gasteiger partial charge in [0.05, 0.1) is 5.56 Å². The minimum absolute atomic E-state index is 0.627. The quantitative estimate of drug-likeness (QED) is 0.512. The Kier molecular flexibility index (Phi) is 2.89. The summed E-state index contributed by atoms with van der Waals surface area (Å²) in [4.78, 5) is 4.56. The van der Waals surface area contributed by atoms with E-state index in [-0.39, 0.29) is 0 Å². The molecule has 4 aromatic rings. The molecular formula is C17H11BrN2O. The van der Waals surface area contributed by atoms with Crippen LogP contribution < -0.4 is 0 Å². The monoisotopic (exact) mass is 338 g/mol.